The van der Waals surface area contributed by atoms with Gasteiger partial charge in [0.25, 0.3) is 0 Å². The van der Waals surface area contributed by atoms with Gasteiger partial charge in [0.1, 0.15) is 0 Å². The Hall–Kier alpha value is -1.13. The number of halogens is 1. The normalized spacial score (nSPS) is 16.2. The van der Waals surface area contributed by atoms with Gasteiger partial charge in [-0.05, 0) is 13.1 Å². The molecular weight excluding hydrogens is 207 g/mol. The number of hydrogen-bond acceptors (Lipinski definition) is 3. The number of nitrogens with one attached hydrogen (secondary N) is 1. The minimum absolute atomic E-state index is 0.246. The molecule has 0 unspecified atom stereocenters. The summed E-state index contributed by atoms with van der Waals surface area (Å²) in [6.45, 7) is 2.60. The van der Waals surface area contributed by atoms with Gasteiger partial charge < -0.3 is 10.1 Å². The largest absolute Gasteiger partial charge is 0.494 e. The van der Waals surface area contributed by atoms with Gasteiger partial charge in [-0.15, -0.1) is 0 Å². The summed E-state index contributed by atoms with van der Waals surface area (Å²) in [6, 6.07) is 5.79. The Morgan fingerprint density at radius 2 is 2.25 bits per heavy atom. The highest BCUT2D eigenvalue weighted by molar-refractivity contribution is 5.31. The molecule has 0 spiro atoms. The lowest BCUT2D eigenvalue weighted by Gasteiger charge is -2.35. The summed E-state index contributed by atoms with van der Waals surface area (Å²) in [6.07, 6.45) is 0. The van der Waals surface area contributed by atoms with Crippen molar-refractivity contribution >= 4 is 0 Å². The van der Waals surface area contributed by atoms with E-state index in [0.717, 1.165) is 13.1 Å². The standard InChI is InChI=1S/C12H17FN2O/c1-15(10-6-14-7-10)8-9-4-3-5-11(16-2)12(9)13/h3-5,10,14H,6-8H2,1-2H3. The van der Waals surface area contributed by atoms with Crippen molar-refractivity contribution in [2.45, 2.75) is 12.6 Å². The molecule has 16 heavy (non-hydrogen) atoms. The number of benzene rings is 1. The van der Waals surface area contributed by atoms with Crippen LogP contribution in [0.15, 0.2) is 18.2 Å². The molecule has 2 rings (SSSR count). The molecule has 1 aliphatic rings. The second-order valence-electron chi connectivity index (χ2n) is 4.16. The molecule has 0 atom stereocenters. The third kappa shape index (κ3) is 2.18. The van der Waals surface area contributed by atoms with Gasteiger partial charge in [-0.2, -0.15) is 0 Å². The van der Waals surface area contributed by atoms with Crippen molar-refractivity contribution in [3.8, 4) is 5.75 Å². The Balaban J connectivity index is 2.08. The van der Waals surface area contributed by atoms with Crippen molar-refractivity contribution in [1.82, 2.24) is 10.2 Å². The topological polar surface area (TPSA) is 24.5 Å². The van der Waals surface area contributed by atoms with Crippen LogP contribution in [0.25, 0.3) is 0 Å². The van der Waals surface area contributed by atoms with Crippen molar-refractivity contribution in [3.05, 3.63) is 29.6 Å². The van der Waals surface area contributed by atoms with Crippen LogP contribution in [0.1, 0.15) is 5.56 Å². The van der Waals surface area contributed by atoms with Gasteiger partial charge in [0.15, 0.2) is 11.6 Å². The van der Waals surface area contributed by atoms with Gasteiger partial charge in [0.2, 0.25) is 0 Å². The number of ether oxygens (including phenoxy) is 1. The smallest absolute Gasteiger partial charge is 0.169 e. The van der Waals surface area contributed by atoms with E-state index in [1.54, 1.807) is 12.1 Å². The zero-order chi connectivity index (χ0) is 11.5. The van der Waals surface area contributed by atoms with Gasteiger partial charge in [-0.25, -0.2) is 4.39 Å². The first-order valence-electron chi connectivity index (χ1n) is 5.44. The molecule has 0 saturated carbocycles. The number of rotatable bonds is 4. The van der Waals surface area contributed by atoms with E-state index in [4.69, 9.17) is 4.74 Å². The summed E-state index contributed by atoms with van der Waals surface area (Å²) in [4.78, 5) is 2.16. The zero-order valence-electron chi connectivity index (χ0n) is 9.66. The summed E-state index contributed by atoms with van der Waals surface area (Å²) in [5, 5.41) is 3.20. The molecule has 4 heteroatoms. The van der Waals surface area contributed by atoms with Crippen molar-refractivity contribution in [2.75, 3.05) is 27.2 Å². The molecule has 3 nitrogen and oxygen atoms in total. The molecule has 1 heterocycles. The predicted molar refractivity (Wildman–Crippen MR) is 61.1 cm³/mol. The van der Waals surface area contributed by atoms with Crippen LogP contribution in [0, 0.1) is 5.82 Å². The fraction of sp³-hybridized carbons (Fsp3) is 0.500. The van der Waals surface area contributed by atoms with Crippen LogP contribution in [-0.2, 0) is 6.54 Å². The Bertz CT molecular complexity index is 366. The van der Waals surface area contributed by atoms with Crippen LogP contribution in [0.4, 0.5) is 4.39 Å². The minimum atomic E-state index is -0.246. The molecule has 88 valence electrons. The molecule has 0 aliphatic carbocycles. The van der Waals surface area contributed by atoms with Crippen molar-refractivity contribution in [2.24, 2.45) is 0 Å². The van der Waals surface area contributed by atoms with Crippen molar-refractivity contribution in [3.63, 3.8) is 0 Å². The fourth-order valence-electron chi connectivity index (χ4n) is 1.82. The van der Waals surface area contributed by atoms with Crippen LogP contribution < -0.4 is 10.1 Å². The minimum Gasteiger partial charge on any atom is -0.494 e. The van der Waals surface area contributed by atoms with Crippen molar-refractivity contribution in [1.29, 1.82) is 0 Å². The SMILES string of the molecule is COc1cccc(CN(C)C2CNC2)c1F. The lowest BCUT2D eigenvalue weighted by atomic mass is 10.1. The monoisotopic (exact) mass is 224 g/mol. The first-order valence-corrected chi connectivity index (χ1v) is 5.44. The number of methoxy groups -OCH3 is 1. The number of hydrogen-bond donors (Lipinski definition) is 1. The van der Waals surface area contributed by atoms with E-state index in [2.05, 4.69) is 10.2 Å². The molecule has 0 bridgehead atoms. The molecule has 1 aromatic rings. The maximum absolute atomic E-state index is 13.9. The number of nitrogens with zero attached hydrogens (tertiary/aromatic N) is 1. The van der Waals surface area contributed by atoms with Crippen LogP contribution in [0.5, 0.6) is 5.75 Å². The molecule has 0 radical (unpaired) electrons. The lowest BCUT2D eigenvalue weighted by molar-refractivity contribution is 0.171. The Kier molecular flexibility index (Phi) is 3.41. The van der Waals surface area contributed by atoms with E-state index >= 15 is 0 Å². The molecule has 1 N–H and O–H groups in total. The van der Waals surface area contributed by atoms with E-state index in [1.165, 1.54) is 7.11 Å². The van der Waals surface area contributed by atoms with E-state index in [0.29, 0.717) is 23.9 Å². The molecule has 1 saturated heterocycles. The lowest BCUT2D eigenvalue weighted by Crippen LogP contribution is -2.55. The fourth-order valence-corrected chi connectivity index (χ4v) is 1.82. The average molecular weight is 224 g/mol. The first-order chi connectivity index (χ1) is 7.72. The van der Waals surface area contributed by atoms with E-state index in [9.17, 15) is 4.39 Å². The van der Waals surface area contributed by atoms with Gasteiger partial charge in [0.05, 0.1) is 7.11 Å². The van der Waals surface area contributed by atoms with E-state index in [1.807, 2.05) is 13.1 Å². The third-order valence-electron chi connectivity index (χ3n) is 3.07. The molecule has 1 fully saturated rings. The quantitative estimate of drug-likeness (QED) is 0.832. The van der Waals surface area contributed by atoms with Gasteiger partial charge in [-0.3, -0.25) is 4.90 Å². The highest BCUT2D eigenvalue weighted by atomic mass is 19.1. The van der Waals surface area contributed by atoms with E-state index in [-0.39, 0.29) is 5.82 Å². The van der Waals surface area contributed by atoms with Crippen LogP contribution in [0.2, 0.25) is 0 Å². The predicted octanol–water partition coefficient (Wildman–Crippen LogP) is 1.24. The first kappa shape index (κ1) is 11.4. The molecular formula is C12H17FN2O. The van der Waals surface area contributed by atoms with Gasteiger partial charge in [-0.1, -0.05) is 12.1 Å². The van der Waals surface area contributed by atoms with Crippen LogP contribution in [-0.4, -0.2) is 38.2 Å². The number of likely N-dealkylation sites (N-methyl/N-ethyl adjacent to an activating group) is 1. The maximum atomic E-state index is 13.9. The van der Waals surface area contributed by atoms with E-state index < -0.39 is 0 Å². The molecule has 0 aromatic heterocycles. The third-order valence-corrected chi connectivity index (χ3v) is 3.07. The van der Waals surface area contributed by atoms with Crippen LogP contribution in [0.3, 0.4) is 0 Å². The second kappa shape index (κ2) is 4.80. The second-order valence-corrected chi connectivity index (χ2v) is 4.16. The zero-order valence-corrected chi connectivity index (χ0v) is 9.66. The molecule has 0 amide bonds. The van der Waals surface area contributed by atoms with Crippen LogP contribution >= 0.6 is 0 Å². The Morgan fingerprint density at radius 3 is 2.81 bits per heavy atom. The summed E-state index contributed by atoms with van der Waals surface area (Å²) < 4.78 is 18.8. The Labute approximate surface area is 95.2 Å². The summed E-state index contributed by atoms with van der Waals surface area (Å²) in [5.41, 5.74) is 0.689. The summed E-state index contributed by atoms with van der Waals surface area (Å²) in [7, 11) is 3.51. The highest BCUT2D eigenvalue weighted by Crippen LogP contribution is 2.21. The molecule has 1 aliphatic heterocycles. The van der Waals surface area contributed by atoms with Gasteiger partial charge >= 0.3 is 0 Å². The Morgan fingerprint density at radius 1 is 1.50 bits per heavy atom. The van der Waals surface area contributed by atoms with Crippen molar-refractivity contribution < 1.29 is 9.13 Å². The summed E-state index contributed by atoms with van der Waals surface area (Å²) in [5.74, 6) is 0.0711. The van der Waals surface area contributed by atoms with Gasteiger partial charge in [0, 0.05) is 31.2 Å². The highest BCUT2D eigenvalue weighted by Gasteiger charge is 2.22. The average Bonchev–Trinajstić information content (AvgIpc) is 2.18. The molecule has 1 aromatic carbocycles. The maximum Gasteiger partial charge on any atom is 0.169 e. The summed E-state index contributed by atoms with van der Waals surface area (Å²) >= 11 is 0.